The number of hydrogen-bond donors (Lipinski definition) is 2. The van der Waals surface area contributed by atoms with Gasteiger partial charge in [0.15, 0.2) is 0 Å². The quantitative estimate of drug-likeness (QED) is 0.730. The topological polar surface area (TPSA) is 101 Å². The van der Waals surface area contributed by atoms with Gasteiger partial charge in [-0.1, -0.05) is 6.92 Å². The molecule has 0 bridgehead atoms. The maximum absolute atomic E-state index is 11.9. The Morgan fingerprint density at radius 1 is 1.58 bits per heavy atom. The molecule has 1 aromatic rings. The van der Waals surface area contributed by atoms with E-state index in [4.69, 9.17) is 5.11 Å². The Morgan fingerprint density at radius 3 is 2.68 bits per heavy atom. The Kier molecular flexibility index (Phi) is 6.12. The minimum absolute atomic E-state index is 0.0491. The molecule has 0 aliphatic heterocycles. The third-order valence-corrected chi connectivity index (χ3v) is 7.10. The molecule has 0 saturated heterocycles. The van der Waals surface area contributed by atoms with Gasteiger partial charge in [0, 0.05) is 28.9 Å². The number of thiophene rings is 1. The average Bonchev–Trinajstić information content (AvgIpc) is 2.71. The normalized spacial score (nSPS) is 13.4. The molecular weight excluding hydrogens is 378 g/mol. The monoisotopic (exact) mass is 389 g/mol. The first-order chi connectivity index (χ1) is 8.77. The van der Waals surface area contributed by atoms with Gasteiger partial charge >= 0.3 is 5.97 Å². The van der Waals surface area contributed by atoms with Crippen LogP contribution in [0, 0.1) is 0 Å². The fourth-order valence-electron chi connectivity index (χ4n) is 1.15. The summed E-state index contributed by atoms with van der Waals surface area (Å²) in [7, 11) is -4.85. The largest absolute Gasteiger partial charge is 0.477 e. The molecule has 1 atom stereocenters. The number of halogens is 1. The van der Waals surface area contributed by atoms with E-state index in [1.807, 2.05) is 0 Å². The molecule has 0 spiro atoms. The number of rotatable bonds is 7. The van der Waals surface area contributed by atoms with Crippen molar-refractivity contribution in [3.05, 3.63) is 14.7 Å². The first-order valence-corrected chi connectivity index (χ1v) is 9.73. The van der Waals surface area contributed by atoms with Crippen LogP contribution in [-0.4, -0.2) is 41.8 Å². The summed E-state index contributed by atoms with van der Waals surface area (Å²) in [6.45, 7) is 1.80. The number of carbonyl (C=O) groups is 1. The maximum atomic E-state index is 11.9. The molecule has 0 saturated carbocycles. The summed E-state index contributed by atoms with van der Waals surface area (Å²) in [4.78, 5) is 10.6. The van der Waals surface area contributed by atoms with Crippen molar-refractivity contribution in [2.75, 3.05) is 18.1 Å². The van der Waals surface area contributed by atoms with Crippen molar-refractivity contribution in [3.63, 3.8) is 0 Å². The maximum Gasteiger partial charge on any atom is 0.345 e. The van der Waals surface area contributed by atoms with Crippen LogP contribution in [0.3, 0.4) is 0 Å². The van der Waals surface area contributed by atoms with Gasteiger partial charge in [-0.2, -0.15) is 0 Å². The minimum Gasteiger partial charge on any atom is -0.477 e. The molecule has 2 N–H and O–H groups in total. The second kappa shape index (κ2) is 6.93. The van der Waals surface area contributed by atoms with Gasteiger partial charge in [-0.15, -0.1) is 11.3 Å². The molecule has 108 valence electrons. The summed E-state index contributed by atoms with van der Waals surface area (Å²) < 4.78 is 37.6. The lowest BCUT2D eigenvalue weighted by atomic mass is 10.5. The molecule has 10 heteroatoms. The summed E-state index contributed by atoms with van der Waals surface area (Å²) in [6, 6.07) is 1.09. The highest BCUT2D eigenvalue weighted by Gasteiger charge is 2.22. The highest BCUT2D eigenvalue weighted by atomic mass is 79.9. The molecule has 0 aromatic carbocycles. The molecule has 1 heterocycles. The molecule has 1 unspecified atom stereocenters. The van der Waals surface area contributed by atoms with E-state index in [-0.39, 0.29) is 25.9 Å². The Bertz CT molecular complexity index is 595. The van der Waals surface area contributed by atoms with Gasteiger partial charge in [0.1, 0.15) is 9.77 Å². The average molecular weight is 390 g/mol. The van der Waals surface area contributed by atoms with Crippen LogP contribution in [0.2, 0.25) is 0 Å². The SMILES string of the molecule is CCS(=O)CCNS(=O)(=O)c1cc(C(=O)O)sc1Br. The summed E-state index contributed by atoms with van der Waals surface area (Å²) in [6.07, 6.45) is 0. The van der Waals surface area contributed by atoms with E-state index in [1.54, 1.807) is 6.92 Å². The molecule has 1 aromatic heterocycles. The standard InChI is InChI=1S/C9H12BrNO5S3/c1-2-18(14)4-3-11-19(15,16)7-5-6(9(12)13)17-8(7)10/h5,11H,2-4H2,1H3,(H,12,13). The molecule has 0 aliphatic carbocycles. The Labute approximate surface area is 125 Å². The van der Waals surface area contributed by atoms with Gasteiger partial charge in [-0.05, 0) is 22.0 Å². The summed E-state index contributed by atoms with van der Waals surface area (Å²) in [5.41, 5.74) is 0. The van der Waals surface area contributed by atoms with Crippen LogP contribution in [0.25, 0.3) is 0 Å². The van der Waals surface area contributed by atoms with Gasteiger partial charge in [-0.3, -0.25) is 4.21 Å². The fourth-order valence-corrected chi connectivity index (χ4v) is 5.33. The van der Waals surface area contributed by atoms with Gasteiger partial charge in [0.05, 0.1) is 3.79 Å². The second-order valence-electron chi connectivity index (χ2n) is 3.38. The zero-order valence-corrected chi connectivity index (χ0v) is 13.9. The van der Waals surface area contributed by atoms with Crippen molar-refractivity contribution >= 4 is 54.1 Å². The summed E-state index contributed by atoms with van der Waals surface area (Å²) in [5.74, 6) is -0.490. The molecule has 0 radical (unpaired) electrons. The van der Waals surface area contributed by atoms with Crippen molar-refractivity contribution < 1.29 is 22.5 Å². The van der Waals surface area contributed by atoms with E-state index >= 15 is 0 Å². The lowest BCUT2D eigenvalue weighted by molar-refractivity contribution is 0.0702. The van der Waals surface area contributed by atoms with E-state index in [2.05, 4.69) is 20.7 Å². The lowest BCUT2D eigenvalue weighted by Gasteiger charge is -2.04. The molecule has 19 heavy (non-hydrogen) atoms. The number of hydrogen-bond acceptors (Lipinski definition) is 5. The first-order valence-electron chi connectivity index (χ1n) is 5.15. The lowest BCUT2D eigenvalue weighted by Crippen LogP contribution is -2.28. The van der Waals surface area contributed by atoms with Crippen LogP contribution in [0.5, 0.6) is 0 Å². The number of aromatic carboxylic acids is 1. The van der Waals surface area contributed by atoms with Gasteiger partial charge in [0.25, 0.3) is 0 Å². The van der Waals surface area contributed by atoms with Crippen molar-refractivity contribution in [1.29, 1.82) is 0 Å². The highest BCUT2D eigenvalue weighted by Crippen LogP contribution is 2.31. The van der Waals surface area contributed by atoms with Crippen molar-refractivity contribution in [2.24, 2.45) is 0 Å². The molecule has 1 rings (SSSR count). The van der Waals surface area contributed by atoms with Crippen LogP contribution < -0.4 is 4.72 Å². The van der Waals surface area contributed by atoms with Crippen molar-refractivity contribution in [3.8, 4) is 0 Å². The third kappa shape index (κ3) is 4.63. The molecule has 0 fully saturated rings. The van der Waals surface area contributed by atoms with E-state index in [0.717, 1.165) is 17.4 Å². The molecular formula is C9H12BrNO5S3. The van der Waals surface area contributed by atoms with Crippen molar-refractivity contribution in [2.45, 2.75) is 11.8 Å². The van der Waals surface area contributed by atoms with Crippen molar-refractivity contribution in [1.82, 2.24) is 4.72 Å². The zero-order chi connectivity index (χ0) is 14.6. The minimum atomic E-state index is -3.79. The van der Waals surface area contributed by atoms with Crippen LogP contribution >= 0.6 is 27.3 Å². The number of sulfonamides is 1. The Balaban J connectivity index is 2.83. The summed E-state index contributed by atoms with van der Waals surface area (Å²) in [5, 5.41) is 8.80. The highest BCUT2D eigenvalue weighted by molar-refractivity contribution is 9.11. The smallest absolute Gasteiger partial charge is 0.345 e. The first kappa shape index (κ1) is 16.8. The van der Waals surface area contributed by atoms with E-state index < -0.39 is 26.8 Å². The number of carboxylic acid groups (broad SMARTS) is 1. The Hall–Kier alpha value is -0.290. The predicted molar refractivity (Wildman–Crippen MR) is 77.7 cm³/mol. The van der Waals surface area contributed by atoms with E-state index in [9.17, 15) is 17.4 Å². The zero-order valence-electron chi connectivity index (χ0n) is 9.88. The predicted octanol–water partition coefficient (Wildman–Crippen LogP) is 1.26. The number of carboxylic acids is 1. The molecule has 0 amide bonds. The van der Waals surface area contributed by atoms with Gasteiger partial charge in [0.2, 0.25) is 10.0 Å². The fraction of sp³-hybridized carbons (Fsp3) is 0.444. The Morgan fingerprint density at radius 2 is 2.21 bits per heavy atom. The second-order valence-corrected chi connectivity index (χ2v) is 9.35. The van der Waals surface area contributed by atoms with Crippen LogP contribution in [-0.2, 0) is 20.8 Å². The third-order valence-electron chi connectivity index (χ3n) is 2.10. The molecule has 6 nitrogen and oxygen atoms in total. The van der Waals surface area contributed by atoms with Crippen LogP contribution in [0.4, 0.5) is 0 Å². The number of nitrogens with one attached hydrogen (secondary N) is 1. The van der Waals surface area contributed by atoms with E-state index in [0.29, 0.717) is 5.75 Å². The summed E-state index contributed by atoms with van der Waals surface area (Å²) >= 11 is 3.86. The van der Waals surface area contributed by atoms with Gasteiger partial charge < -0.3 is 5.11 Å². The van der Waals surface area contributed by atoms with E-state index in [1.165, 1.54) is 0 Å². The van der Waals surface area contributed by atoms with Crippen LogP contribution in [0.1, 0.15) is 16.6 Å². The van der Waals surface area contributed by atoms with Gasteiger partial charge in [-0.25, -0.2) is 17.9 Å². The van der Waals surface area contributed by atoms with Crippen LogP contribution in [0.15, 0.2) is 14.7 Å². The molecule has 0 aliphatic rings.